The molecule has 3 aliphatic heterocycles. The number of cyclic esters (lactones) is 1. The van der Waals surface area contributed by atoms with Crippen LogP contribution in [0, 0.1) is 17.8 Å². The molecule has 2 fully saturated rings. The van der Waals surface area contributed by atoms with Crippen LogP contribution in [0.4, 0.5) is 13.2 Å². The number of alkyl halides is 3. The van der Waals surface area contributed by atoms with E-state index in [9.17, 15) is 4.79 Å². The number of halogens is 3. The van der Waals surface area contributed by atoms with Crippen molar-refractivity contribution in [2.24, 2.45) is 17.8 Å². The van der Waals surface area contributed by atoms with E-state index in [1.54, 1.807) is 21.0 Å². The third kappa shape index (κ3) is 36.9. The minimum Gasteiger partial charge on any atom is -0.462 e. The molecule has 0 spiro atoms. The van der Waals surface area contributed by atoms with Crippen molar-refractivity contribution in [2.45, 2.75) is 540 Å². The number of allylic oxidation sites excluding steroid dienone is 12. The van der Waals surface area contributed by atoms with Gasteiger partial charge in [-0.3, -0.25) is 14.4 Å². The van der Waals surface area contributed by atoms with Gasteiger partial charge in [-0.15, -0.1) is 0 Å². The summed E-state index contributed by atoms with van der Waals surface area (Å²) in [6, 6.07) is 21.4. The van der Waals surface area contributed by atoms with Crippen LogP contribution < -0.4 is 5.32 Å². The molecular formula is C105H202F3NO17Si9. The SMILES string of the molecule is CC[Si](CC)(CC)O[C@@H]1CC[C@@H](O[Si](CC)(CC)CC)[C@H](O[Si](CC)(CC)CC)C[C@H](O[Si](CC)(CC)CC)C[C@]2(OC)C[C@H](O[Si](CC)(CC)CC)[C@@H](C(C)=O)[C@H](C[C@@H](O[C@@H]3O[C@H](C)[C@@H](O[Si](CC)(CC)CC)[C@H](NC(=O)C(F)(F)F)[C@@H]3O[Si](CC)(CC)CC)C=CC=CC=CC=CC=CC=CC=C[C@H](C)[C@@H](O[Si](CC)(CC)CC)[C@H](C)[C@H](C)OC(=O)C[C@H](O[Si](CC)(CC)CC)C1)O2. The highest BCUT2D eigenvalue weighted by atomic mass is 28.4. The van der Waals surface area contributed by atoms with Crippen LogP contribution >= 0.6 is 0 Å². The van der Waals surface area contributed by atoms with Crippen molar-refractivity contribution >= 4 is 92.5 Å². The van der Waals surface area contributed by atoms with E-state index in [2.05, 4.69) is 225 Å². The summed E-state index contributed by atoms with van der Waals surface area (Å²) < 4.78 is 153. The topological polar surface area (TPSA) is 192 Å². The molecule has 135 heavy (non-hydrogen) atoms. The van der Waals surface area contributed by atoms with Crippen LogP contribution in [0.15, 0.2) is 85.1 Å². The molecule has 3 aliphatic rings. The lowest BCUT2D eigenvalue weighted by Crippen LogP contribution is -2.69. The van der Waals surface area contributed by atoms with Crippen LogP contribution in [0.25, 0.3) is 0 Å². The number of hydrogen-bond donors (Lipinski definition) is 1. The van der Waals surface area contributed by atoms with Gasteiger partial charge in [-0.2, -0.15) is 13.2 Å². The maximum atomic E-state index is 15.5. The fourth-order valence-corrected chi connectivity index (χ4v) is 47.8. The van der Waals surface area contributed by atoms with E-state index in [1.165, 1.54) is 0 Å². The van der Waals surface area contributed by atoms with Crippen LogP contribution in [0.1, 0.15) is 273 Å². The average molecular weight is 2060 g/mol. The highest BCUT2D eigenvalue weighted by Crippen LogP contribution is 2.48. The zero-order valence-corrected chi connectivity index (χ0v) is 101. The van der Waals surface area contributed by atoms with Gasteiger partial charge in [0.15, 0.2) is 86.9 Å². The number of hydrogen-bond acceptors (Lipinski definition) is 17. The summed E-state index contributed by atoms with van der Waals surface area (Å²) in [5, 5.41) is 2.50. The third-order valence-electron chi connectivity index (χ3n) is 33.8. The Morgan fingerprint density at radius 3 is 1.12 bits per heavy atom. The molecule has 30 heteroatoms. The monoisotopic (exact) mass is 2060 g/mol. The lowest BCUT2D eigenvalue weighted by atomic mass is 9.80. The fourth-order valence-electron chi connectivity index (χ4n) is 21.6. The number of methoxy groups -OCH3 is 1. The molecular weight excluding hydrogens is 1860 g/mol. The maximum absolute atomic E-state index is 15.5. The van der Waals surface area contributed by atoms with Crippen LogP contribution in [0.2, 0.25) is 163 Å². The first-order chi connectivity index (χ1) is 64.1. The van der Waals surface area contributed by atoms with Gasteiger partial charge in [0.2, 0.25) is 0 Å². The molecule has 786 valence electrons. The van der Waals surface area contributed by atoms with Crippen molar-refractivity contribution in [2.75, 3.05) is 7.11 Å². The summed E-state index contributed by atoms with van der Waals surface area (Å²) in [6.07, 6.45) is 14.9. The third-order valence-corrected chi connectivity index (χ3v) is 75.9. The number of esters is 1. The minimum absolute atomic E-state index is 0.0123. The molecule has 0 unspecified atom stereocenters. The number of Topliss-reactive ketones (excluding diaryl/α,β-unsaturated/α-hetero) is 1. The lowest BCUT2D eigenvalue weighted by molar-refractivity contribution is -0.313. The molecule has 3 heterocycles. The van der Waals surface area contributed by atoms with Gasteiger partial charge in [-0.25, -0.2) is 0 Å². The first-order valence-electron chi connectivity index (χ1n) is 54.5. The van der Waals surface area contributed by atoms with Crippen LogP contribution in [0.3, 0.4) is 0 Å². The molecule has 2 saturated heterocycles. The van der Waals surface area contributed by atoms with Gasteiger partial charge in [0, 0.05) is 38.4 Å². The Balaban J connectivity index is 2.91. The highest BCUT2D eigenvalue weighted by Gasteiger charge is 2.58. The molecule has 0 aromatic heterocycles. The number of amides is 1. The van der Waals surface area contributed by atoms with Gasteiger partial charge in [0.25, 0.3) is 0 Å². The van der Waals surface area contributed by atoms with E-state index in [4.69, 9.17) is 63.5 Å². The highest BCUT2D eigenvalue weighted by molar-refractivity contribution is 6.77. The first-order valence-corrected chi connectivity index (χ1v) is 77.2. The van der Waals surface area contributed by atoms with E-state index in [-0.39, 0.29) is 61.5 Å². The predicted octanol–water partition coefficient (Wildman–Crippen LogP) is 29.9. The fraction of sp³-hybridized carbons (Fsp3) is 0.838. The molecule has 3 rings (SSSR count). The Morgan fingerprint density at radius 1 is 0.393 bits per heavy atom. The van der Waals surface area contributed by atoms with E-state index in [0.29, 0.717) is 61.9 Å². The van der Waals surface area contributed by atoms with E-state index >= 15 is 22.8 Å². The molecule has 0 aromatic carbocycles. The summed E-state index contributed by atoms with van der Waals surface area (Å²) in [5.41, 5.74) is 0. The Bertz CT molecular complexity index is 3450. The second-order valence-electron chi connectivity index (χ2n) is 39.9. The van der Waals surface area contributed by atoms with Crippen molar-refractivity contribution in [3.05, 3.63) is 85.1 Å². The molecule has 0 saturated carbocycles. The molecule has 19 atom stereocenters. The van der Waals surface area contributed by atoms with E-state index in [1.807, 2.05) is 72.9 Å². The Labute approximate surface area is 833 Å². The largest absolute Gasteiger partial charge is 0.471 e. The van der Waals surface area contributed by atoms with Crippen molar-refractivity contribution in [1.82, 2.24) is 5.32 Å². The van der Waals surface area contributed by atoms with Crippen LogP contribution in [-0.4, -0.2) is 203 Å². The second kappa shape index (κ2) is 62.1. The van der Waals surface area contributed by atoms with Crippen LogP contribution in [-0.2, 0) is 77.9 Å². The number of rotatable bonds is 50. The molecule has 0 radical (unpaired) electrons. The summed E-state index contributed by atoms with van der Waals surface area (Å²) >= 11 is 0. The van der Waals surface area contributed by atoms with Crippen molar-refractivity contribution in [3.8, 4) is 0 Å². The summed E-state index contributed by atoms with van der Waals surface area (Å²) in [6.45, 7) is 70.2. The lowest BCUT2D eigenvalue weighted by Gasteiger charge is -2.52. The quantitative estimate of drug-likeness (QED) is 0.0446. The molecule has 0 aliphatic carbocycles. The maximum Gasteiger partial charge on any atom is 0.471 e. The standard InChI is InChI=1S/C105H202F3NO17Si9/c1-34-127(35-2,36-3)118-89-75-76-92(121-130(43-10,44-11)45-12)93(122-131(46-13,47-14)48-15)79-91(120-129(40-7,41-8)42-9)81-104(113-33)82-95(123-132(49-16,50-17)51-18)97(85(30)110)94(117-104)78-88(116-102-101(126-135(58-25,59-26)60-27)98(109-103(112)105(106,107)108)100(87(32)115-102)125-134(55-22,56-23)57-24)74-72-70-68-66-64-62-61-63-65-67-69-71-73-83(28)99(124-133(52-19,53-20)54-21)84(29)86(31)114-96(111)80-90(77-89)119-128(37-4,38-5)39-6/h61-74,83-84,86-95,97-102H,34-60,75-82H2,1-33H3,(H,109,112)/t83-,84+,86-,87+,88-,89+,90+,91-,92+,93+,94-,95-,97-,98-,99+,100+,101-,102-,104+/m0/s1. The first kappa shape index (κ1) is 127. The van der Waals surface area contributed by atoms with Crippen molar-refractivity contribution < 1.29 is 91.1 Å². The Kier molecular flexibility index (Phi) is 58.5. The van der Waals surface area contributed by atoms with Crippen LogP contribution in [0.5, 0.6) is 0 Å². The molecule has 1 amide bonds. The van der Waals surface area contributed by atoms with Gasteiger partial charge in [-0.05, 0) is 216 Å². The van der Waals surface area contributed by atoms with Crippen molar-refractivity contribution in [1.29, 1.82) is 0 Å². The molecule has 1 N–H and O–H groups in total. The normalized spacial score (nSPS) is 27.7. The average Bonchev–Trinajstić information content (AvgIpc) is 0.783. The number of carbonyl (C=O) groups is 3. The number of fused-ring (bicyclic) bond motifs is 2. The number of nitrogens with one attached hydrogen (secondary N) is 1. The number of carbonyl (C=O) groups excluding carboxylic acids is 3. The van der Waals surface area contributed by atoms with Gasteiger partial charge in [0.05, 0.1) is 79.4 Å². The van der Waals surface area contributed by atoms with E-state index in [0.717, 1.165) is 127 Å². The zero-order chi connectivity index (χ0) is 102. The zero-order valence-electron chi connectivity index (χ0n) is 91.8. The predicted molar refractivity (Wildman–Crippen MR) is 579 cm³/mol. The van der Waals surface area contributed by atoms with Gasteiger partial charge < -0.3 is 68.8 Å². The van der Waals surface area contributed by atoms with E-state index < -0.39 is 178 Å². The summed E-state index contributed by atoms with van der Waals surface area (Å²) in [5.74, 6) is -5.01. The Hall–Kier alpha value is -1.99. The number of ketones is 1. The molecule has 2 bridgehead atoms. The number of ether oxygens (including phenoxy) is 5. The summed E-state index contributed by atoms with van der Waals surface area (Å²) in [4.78, 5) is 44.9. The van der Waals surface area contributed by atoms with Gasteiger partial charge in [-0.1, -0.05) is 286 Å². The smallest absolute Gasteiger partial charge is 0.462 e. The molecule has 0 aromatic rings. The summed E-state index contributed by atoms with van der Waals surface area (Å²) in [7, 11) is -21.3. The van der Waals surface area contributed by atoms with Gasteiger partial charge >= 0.3 is 18.1 Å². The molecule has 18 nitrogen and oxygen atoms in total. The van der Waals surface area contributed by atoms with Gasteiger partial charge in [0.1, 0.15) is 18.0 Å². The van der Waals surface area contributed by atoms with Crippen molar-refractivity contribution in [3.63, 3.8) is 0 Å². The minimum atomic E-state index is -5.25. The Morgan fingerprint density at radius 2 is 0.733 bits per heavy atom. The second-order valence-corrected chi connectivity index (χ2v) is 82.4.